The van der Waals surface area contributed by atoms with Crippen molar-refractivity contribution in [3.8, 4) is 0 Å². The highest BCUT2D eigenvalue weighted by atomic mass is 35.5. The number of nitrogens with one attached hydrogen (secondary N) is 1. The van der Waals surface area contributed by atoms with Crippen LogP contribution in [0.4, 0.5) is 5.69 Å². The predicted octanol–water partition coefficient (Wildman–Crippen LogP) is 5.08. The second-order valence-corrected chi connectivity index (χ2v) is 8.57. The standard InChI is InChI=1S/C21H22ClN3OS/c1-14-6-7-17(16(22)12-14)23-20(26)13-25-10-8-15(9-11-25)21-24-18-4-2-3-5-19(18)27-21/h2-7,12,15H,8-11,13H2,1H3,(H,23,26). The van der Waals surface area contributed by atoms with Crippen LogP contribution in [-0.2, 0) is 4.79 Å². The normalized spacial score (nSPS) is 15.9. The Kier molecular flexibility index (Phi) is 5.43. The van der Waals surface area contributed by atoms with Crippen LogP contribution >= 0.6 is 22.9 Å². The molecular formula is C21H22ClN3OS. The number of hydrogen-bond donors (Lipinski definition) is 1. The first-order chi connectivity index (χ1) is 13.1. The van der Waals surface area contributed by atoms with Gasteiger partial charge in [-0.15, -0.1) is 11.3 Å². The van der Waals surface area contributed by atoms with Crippen molar-refractivity contribution in [3.05, 3.63) is 58.1 Å². The highest BCUT2D eigenvalue weighted by Gasteiger charge is 2.24. The molecule has 0 radical (unpaired) electrons. The van der Waals surface area contributed by atoms with E-state index in [-0.39, 0.29) is 5.91 Å². The van der Waals surface area contributed by atoms with Gasteiger partial charge in [0.05, 0.1) is 32.5 Å². The minimum atomic E-state index is -0.0146. The monoisotopic (exact) mass is 399 g/mol. The van der Waals surface area contributed by atoms with Crippen LogP contribution in [-0.4, -0.2) is 35.4 Å². The second-order valence-electron chi connectivity index (χ2n) is 7.10. The molecule has 0 spiro atoms. The zero-order chi connectivity index (χ0) is 18.8. The van der Waals surface area contributed by atoms with Gasteiger partial charge in [0.2, 0.25) is 5.91 Å². The van der Waals surface area contributed by atoms with E-state index >= 15 is 0 Å². The Bertz CT molecular complexity index is 930. The number of fused-ring (bicyclic) bond motifs is 1. The highest BCUT2D eigenvalue weighted by Crippen LogP contribution is 2.33. The van der Waals surface area contributed by atoms with E-state index < -0.39 is 0 Å². The van der Waals surface area contributed by atoms with Gasteiger partial charge in [0.25, 0.3) is 0 Å². The summed E-state index contributed by atoms with van der Waals surface area (Å²) in [6.45, 7) is 4.20. The Balaban J connectivity index is 1.31. The van der Waals surface area contributed by atoms with Crippen molar-refractivity contribution < 1.29 is 4.79 Å². The molecule has 2 heterocycles. The van der Waals surface area contributed by atoms with E-state index in [0.717, 1.165) is 37.0 Å². The largest absolute Gasteiger partial charge is 0.324 e. The van der Waals surface area contributed by atoms with E-state index in [2.05, 4.69) is 28.4 Å². The first kappa shape index (κ1) is 18.4. The number of hydrogen-bond acceptors (Lipinski definition) is 4. The maximum absolute atomic E-state index is 12.4. The number of aryl methyl sites for hydroxylation is 1. The van der Waals surface area contributed by atoms with Gasteiger partial charge in [-0.25, -0.2) is 4.98 Å². The number of benzene rings is 2. The number of carbonyl (C=O) groups is 1. The minimum absolute atomic E-state index is 0.0146. The Labute approximate surface area is 168 Å². The molecule has 1 aliphatic rings. The summed E-state index contributed by atoms with van der Waals surface area (Å²) >= 11 is 8.00. The molecule has 0 unspecified atom stereocenters. The Morgan fingerprint density at radius 3 is 2.78 bits per heavy atom. The van der Waals surface area contributed by atoms with Crippen molar-refractivity contribution in [2.24, 2.45) is 0 Å². The third-order valence-electron chi connectivity index (χ3n) is 5.01. The molecule has 1 aliphatic heterocycles. The van der Waals surface area contributed by atoms with Crippen molar-refractivity contribution in [2.75, 3.05) is 25.0 Å². The number of thiazole rings is 1. The van der Waals surface area contributed by atoms with Crippen molar-refractivity contribution >= 4 is 44.7 Å². The molecule has 4 nitrogen and oxygen atoms in total. The lowest BCUT2D eigenvalue weighted by atomic mass is 9.97. The third-order valence-corrected chi connectivity index (χ3v) is 6.52. The molecule has 4 rings (SSSR count). The van der Waals surface area contributed by atoms with Crippen LogP contribution in [0.3, 0.4) is 0 Å². The lowest BCUT2D eigenvalue weighted by molar-refractivity contribution is -0.117. The molecule has 1 amide bonds. The molecule has 0 saturated carbocycles. The molecule has 140 valence electrons. The lowest BCUT2D eigenvalue weighted by Gasteiger charge is -2.30. The summed E-state index contributed by atoms with van der Waals surface area (Å²) in [5.74, 6) is 0.479. The van der Waals surface area contributed by atoms with Crippen LogP contribution in [0.1, 0.15) is 29.3 Å². The van der Waals surface area contributed by atoms with Gasteiger partial charge in [-0.1, -0.05) is 29.8 Å². The number of aromatic nitrogens is 1. The van der Waals surface area contributed by atoms with Crippen molar-refractivity contribution in [1.29, 1.82) is 0 Å². The zero-order valence-electron chi connectivity index (χ0n) is 15.2. The summed E-state index contributed by atoms with van der Waals surface area (Å²) in [4.78, 5) is 19.4. The van der Waals surface area contributed by atoms with Gasteiger partial charge >= 0.3 is 0 Å². The number of anilines is 1. The fraction of sp³-hybridized carbons (Fsp3) is 0.333. The van der Waals surface area contributed by atoms with E-state index in [1.165, 1.54) is 9.71 Å². The first-order valence-corrected chi connectivity index (χ1v) is 10.4. The average Bonchev–Trinajstić information content (AvgIpc) is 3.09. The number of halogens is 1. The van der Waals surface area contributed by atoms with Crippen molar-refractivity contribution in [2.45, 2.75) is 25.7 Å². The van der Waals surface area contributed by atoms with Gasteiger partial charge in [0.1, 0.15) is 0 Å². The van der Waals surface area contributed by atoms with E-state index in [9.17, 15) is 4.79 Å². The molecule has 2 aromatic carbocycles. The summed E-state index contributed by atoms with van der Waals surface area (Å²) in [6, 6.07) is 14.0. The number of carbonyl (C=O) groups excluding carboxylic acids is 1. The number of amides is 1. The minimum Gasteiger partial charge on any atom is -0.324 e. The van der Waals surface area contributed by atoms with Crippen LogP contribution in [0.25, 0.3) is 10.2 Å². The summed E-state index contributed by atoms with van der Waals surface area (Å²) in [6.07, 6.45) is 2.08. The van der Waals surface area contributed by atoms with Crippen molar-refractivity contribution in [3.63, 3.8) is 0 Å². The third kappa shape index (κ3) is 4.32. The highest BCUT2D eigenvalue weighted by molar-refractivity contribution is 7.18. The number of para-hydroxylation sites is 1. The lowest BCUT2D eigenvalue weighted by Crippen LogP contribution is -2.38. The Morgan fingerprint density at radius 2 is 2.04 bits per heavy atom. The van der Waals surface area contributed by atoms with Crippen LogP contribution in [0.15, 0.2) is 42.5 Å². The molecule has 3 aromatic rings. The second kappa shape index (κ2) is 7.97. The molecule has 1 fully saturated rings. The molecule has 0 bridgehead atoms. The van der Waals surface area contributed by atoms with Gasteiger partial charge in [-0.3, -0.25) is 9.69 Å². The SMILES string of the molecule is Cc1ccc(NC(=O)CN2CCC(c3nc4ccccc4s3)CC2)c(Cl)c1. The predicted molar refractivity (Wildman–Crippen MR) is 113 cm³/mol. The molecule has 27 heavy (non-hydrogen) atoms. The zero-order valence-corrected chi connectivity index (χ0v) is 16.8. The number of likely N-dealkylation sites (tertiary alicyclic amines) is 1. The summed E-state index contributed by atoms with van der Waals surface area (Å²) in [5.41, 5.74) is 2.85. The van der Waals surface area contributed by atoms with Gasteiger partial charge in [-0.05, 0) is 62.7 Å². The maximum Gasteiger partial charge on any atom is 0.238 e. The van der Waals surface area contributed by atoms with E-state index in [1.807, 2.05) is 31.2 Å². The fourth-order valence-corrected chi connectivity index (χ4v) is 4.94. The van der Waals surface area contributed by atoms with E-state index in [0.29, 0.717) is 23.2 Å². The quantitative estimate of drug-likeness (QED) is 0.665. The summed E-state index contributed by atoms with van der Waals surface area (Å²) < 4.78 is 1.25. The topological polar surface area (TPSA) is 45.2 Å². The van der Waals surface area contributed by atoms with Crippen molar-refractivity contribution in [1.82, 2.24) is 9.88 Å². The summed E-state index contributed by atoms with van der Waals surface area (Å²) in [5, 5.41) is 4.73. The maximum atomic E-state index is 12.4. The molecule has 1 saturated heterocycles. The van der Waals surface area contributed by atoms with E-state index in [4.69, 9.17) is 16.6 Å². The van der Waals surface area contributed by atoms with Crippen LogP contribution in [0.2, 0.25) is 5.02 Å². The molecule has 1 N–H and O–H groups in total. The van der Waals surface area contributed by atoms with Crippen LogP contribution in [0, 0.1) is 6.92 Å². The molecule has 0 atom stereocenters. The number of nitrogens with zero attached hydrogens (tertiary/aromatic N) is 2. The van der Waals surface area contributed by atoms with Gasteiger partial charge in [0, 0.05) is 5.92 Å². The van der Waals surface area contributed by atoms with Gasteiger partial charge in [0.15, 0.2) is 0 Å². The molecule has 1 aromatic heterocycles. The molecular weight excluding hydrogens is 378 g/mol. The van der Waals surface area contributed by atoms with Crippen LogP contribution < -0.4 is 5.32 Å². The van der Waals surface area contributed by atoms with Gasteiger partial charge in [-0.2, -0.15) is 0 Å². The Morgan fingerprint density at radius 1 is 1.26 bits per heavy atom. The molecule has 0 aliphatic carbocycles. The van der Waals surface area contributed by atoms with Gasteiger partial charge < -0.3 is 5.32 Å². The van der Waals surface area contributed by atoms with E-state index in [1.54, 1.807) is 11.3 Å². The summed E-state index contributed by atoms with van der Waals surface area (Å²) in [7, 11) is 0. The number of piperidine rings is 1. The fourth-order valence-electron chi connectivity index (χ4n) is 3.52. The Hall–Kier alpha value is -1.95. The average molecular weight is 400 g/mol. The number of rotatable bonds is 4. The smallest absolute Gasteiger partial charge is 0.238 e. The first-order valence-electron chi connectivity index (χ1n) is 9.22. The molecule has 6 heteroatoms. The van der Waals surface area contributed by atoms with Crippen LogP contribution in [0.5, 0.6) is 0 Å².